The highest BCUT2D eigenvalue weighted by Gasteiger charge is 2.14. The summed E-state index contributed by atoms with van der Waals surface area (Å²) in [6.45, 7) is 0.395. The Bertz CT molecular complexity index is 572. The van der Waals surface area contributed by atoms with Gasteiger partial charge in [-0.05, 0) is 30.4 Å². The first-order chi connectivity index (χ1) is 9.10. The Morgan fingerprint density at radius 2 is 2.26 bits per heavy atom. The number of nitrogens with zero attached hydrogens (tertiary/aromatic N) is 1. The molecule has 1 aromatic carbocycles. The average Bonchev–Trinajstić information content (AvgIpc) is 2.37. The van der Waals surface area contributed by atoms with Crippen LogP contribution in [-0.2, 0) is 0 Å². The molecule has 0 aromatic heterocycles. The van der Waals surface area contributed by atoms with E-state index in [2.05, 4.69) is 15.8 Å². The summed E-state index contributed by atoms with van der Waals surface area (Å²) in [7, 11) is 1.72. The summed E-state index contributed by atoms with van der Waals surface area (Å²) in [6, 6.07) is 3.45. The highest BCUT2D eigenvalue weighted by Crippen LogP contribution is 2.36. The lowest BCUT2D eigenvalue weighted by molar-refractivity contribution is 0.354. The molecule has 0 unspecified atom stereocenters. The van der Waals surface area contributed by atoms with E-state index in [1.165, 1.54) is 0 Å². The first-order valence-electron chi connectivity index (χ1n) is 5.43. The van der Waals surface area contributed by atoms with E-state index in [0.29, 0.717) is 27.5 Å². The van der Waals surface area contributed by atoms with Crippen LogP contribution in [0.3, 0.4) is 0 Å². The van der Waals surface area contributed by atoms with Crippen molar-refractivity contribution in [1.82, 2.24) is 10.7 Å². The number of hydrogen-bond acceptors (Lipinski definition) is 3. The highest BCUT2D eigenvalue weighted by atomic mass is 35.5. The number of ether oxygens (including phenoxy) is 1. The minimum absolute atomic E-state index is 0.395. The molecule has 19 heavy (non-hydrogen) atoms. The minimum Gasteiger partial charge on any atom is -0.487 e. The molecule has 1 aliphatic heterocycles. The SMILES string of the molecule is CNC(=S)N/N=C/C1=Cc2cc(Cl)cc(Cl)c2OC1. The van der Waals surface area contributed by atoms with Gasteiger partial charge in [-0.1, -0.05) is 23.2 Å². The average molecular weight is 316 g/mol. The van der Waals surface area contributed by atoms with E-state index in [4.69, 9.17) is 40.2 Å². The molecule has 0 bridgehead atoms. The zero-order valence-electron chi connectivity index (χ0n) is 10.0. The van der Waals surface area contributed by atoms with Gasteiger partial charge < -0.3 is 10.1 Å². The van der Waals surface area contributed by atoms with Gasteiger partial charge in [0.1, 0.15) is 12.4 Å². The van der Waals surface area contributed by atoms with Crippen molar-refractivity contribution in [1.29, 1.82) is 0 Å². The van der Waals surface area contributed by atoms with Gasteiger partial charge in [0.25, 0.3) is 0 Å². The predicted octanol–water partition coefficient (Wildman–Crippen LogP) is 2.85. The van der Waals surface area contributed by atoms with E-state index in [-0.39, 0.29) is 0 Å². The second-order valence-corrected chi connectivity index (χ2v) is 5.01. The summed E-state index contributed by atoms with van der Waals surface area (Å²) >= 11 is 16.9. The van der Waals surface area contributed by atoms with Crippen LogP contribution in [0.4, 0.5) is 0 Å². The monoisotopic (exact) mass is 315 g/mol. The van der Waals surface area contributed by atoms with Crippen LogP contribution >= 0.6 is 35.4 Å². The third kappa shape index (κ3) is 3.59. The molecule has 2 N–H and O–H groups in total. The fraction of sp³-hybridized carbons (Fsp3) is 0.167. The molecule has 0 aliphatic carbocycles. The van der Waals surface area contributed by atoms with Crippen LogP contribution in [0.15, 0.2) is 22.8 Å². The van der Waals surface area contributed by atoms with E-state index in [1.807, 2.05) is 6.08 Å². The van der Waals surface area contributed by atoms with Gasteiger partial charge in [-0.2, -0.15) is 5.10 Å². The van der Waals surface area contributed by atoms with Crippen LogP contribution in [-0.4, -0.2) is 25.0 Å². The third-order valence-corrected chi connectivity index (χ3v) is 3.18. The van der Waals surface area contributed by atoms with E-state index < -0.39 is 0 Å². The molecule has 100 valence electrons. The zero-order valence-corrected chi connectivity index (χ0v) is 12.4. The van der Waals surface area contributed by atoms with Crippen molar-refractivity contribution in [3.63, 3.8) is 0 Å². The van der Waals surface area contributed by atoms with E-state index in [9.17, 15) is 0 Å². The summed E-state index contributed by atoms with van der Waals surface area (Å²) < 4.78 is 5.58. The molecule has 0 spiro atoms. The van der Waals surface area contributed by atoms with Gasteiger partial charge in [-0.3, -0.25) is 5.43 Å². The molecular weight excluding hydrogens is 305 g/mol. The quantitative estimate of drug-likeness (QED) is 0.500. The number of benzene rings is 1. The molecule has 1 aliphatic rings. The molecule has 7 heteroatoms. The molecule has 2 rings (SSSR count). The maximum absolute atomic E-state index is 6.05. The number of hydrogen-bond donors (Lipinski definition) is 2. The fourth-order valence-electron chi connectivity index (χ4n) is 1.54. The van der Waals surface area contributed by atoms with E-state index in [1.54, 1.807) is 25.4 Å². The number of fused-ring (bicyclic) bond motifs is 1. The van der Waals surface area contributed by atoms with Crippen molar-refractivity contribution < 1.29 is 4.74 Å². The minimum atomic E-state index is 0.395. The standard InChI is InChI=1S/C12H11Cl2N3OS/c1-15-12(19)17-16-5-7-2-8-3-9(13)4-10(14)11(8)18-6-7/h2-5H,6H2,1H3,(H2,15,17,19)/b16-5+. The van der Waals surface area contributed by atoms with Gasteiger partial charge in [-0.15, -0.1) is 0 Å². The Balaban J connectivity index is 2.17. The summed E-state index contributed by atoms with van der Waals surface area (Å²) in [5.74, 6) is 0.641. The van der Waals surface area contributed by atoms with Gasteiger partial charge in [0.2, 0.25) is 0 Å². The Hall–Kier alpha value is -1.30. The molecule has 4 nitrogen and oxygen atoms in total. The van der Waals surface area contributed by atoms with Gasteiger partial charge in [0, 0.05) is 23.2 Å². The fourth-order valence-corrected chi connectivity index (χ4v) is 2.16. The Labute approximate surface area is 126 Å². The topological polar surface area (TPSA) is 45.7 Å². The second-order valence-electron chi connectivity index (χ2n) is 3.76. The van der Waals surface area contributed by atoms with Gasteiger partial charge >= 0.3 is 0 Å². The number of thiocarbonyl (C=S) groups is 1. The molecule has 0 amide bonds. The van der Waals surface area contributed by atoms with Crippen LogP contribution in [0.2, 0.25) is 10.0 Å². The zero-order chi connectivity index (χ0) is 13.8. The van der Waals surface area contributed by atoms with E-state index in [0.717, 1.165) is 11.1 Å². The lowest BCUT2D eigenvalue weighted by Crippen LogP contribution is -2.28. The number of halogens is 2. The molecular formula is C12H11Cl2N3OS. The maximum Gasteiger partial charge on any atom is 0.186 e. The number of hydrazone groups is 1. The lowest BCUT2D eigenvalue weighted by atomic mass is 10.1. The Morgan fingerprint density at radius 1 is 1.47 bits per heavy atom. The summed E-state index contributed by atoms with van der Waals surface area (Å²) in [4.78, 5) is 0. The Morgan fingerprint density at radius 3 is 3.00 bits per heavy atom. The maximum atomic E-state index is 6.05. The summed E-state index contributed by atoms with van der Waals surface area (Å²) in [5.41, 5.74) is 4.39. The third-order valence-electron chi connectivity index (χ3n) is 2.38. The normalized spacial score (nSPS) is 13.5. The number of rotatable bonds is 2. The van der Waals surface area contributed by atoms with Crippen LogP contribution in [0.25, 0.3) is 6.08 Å². The molecule has 1 heterocycles. The smallest absolute Gasteiger partial charge is 0.186 e. The highest BCUT2D eigenvalue weighted by molar-refractivity contribution is 7.80. The van der Waals surface area contributed by atoms with Crippen LogP contribution in [0.5, 0.6) is 5.75 Å². The second kappa shape index (κ2) is 6.23. The lowest BCUT2D eigenvalue weighted by Gasteiger charge is -2.17. The van der Waals surface area contributed by atoms with Crippen molar-refractivity contribution in [3.05, 3.63) is 33.3 Å². The van der Waals surface area contributed by atoms with Gasteiger partial charge in [0.05, 0.1) is 11.2 Å². The first kappa shape index (κ1) is 14.1. The van der Waals surface area contributed by atoms with Crippen LogP contribution in [0, 0.1) is 0 Å². The molecule has 0 saturated heterocycles. The summed E-state index contributed by atoms with van der Waals surface area (Å²) in [6.07, 6.45) is 3.56. The molecule has 1 aromatic rings. The van der Waals surface area contributed by atoms with Gasteiger partial charge in [-0.25, -0.2) is 0 Å². The van der Waals surface area contributed by atoms with Gasteiger partial charge in [0.15, 0.2) is 5.11 Å². The molecule has 0 radical (unpaired) electrons. The molecule has 0 fully saturated rings. The summed E-state index contributed by atoms with van der Waals surface area (Å²) in [5, 5.41) is 8.26. The molecule has 0 saturated carbocycles. The first-order valence-corrected chi connectivity index (χ1v) is 6.60. The van der Waals surface area contributed by atoms with Crippen LogP contribution in [0.1, 0.15) is 5.56 Å². The molecule has 0 atom stereocenters. The van der Waals surface area contributed by atoms with Crippen molar-refractivity contribution in [2.24, 2.45) is 5.10 Å². The Kier molecular flexibility index (Phi) is 4.63. The van der Waals surface area contributed by atoms with E-state index >= 15 is 0 Å². The predicted molar refractivity (Wildman–Crippen MR) is 83.2 cm³/mol. The van der Waals surface area contributed by atoms with Crippen molar-refractivity contribution in [2.75, 3.05) is 13.7 Å². The largest absolute Gasteiger partial charge is 0.487 e. The van der Waals surface area contributed by atoms with Crippen molar-refractivity contribution in [2.45, 2.75) is 0 Å². The van der Waals surface area contributed by atoms with Crippen molar-refractivity contribution >= 4 is 52.8 Å². The number of nitrogens with one attached hydrogen (secondary N) is 2. The van der Waals surface area contributed by atoms with Crippen molar-refractivity contribution in [3.8, 4) is 5.75 Å². The van der Waals surface area contributed by atoms with Crippen LogP contribution < -0.4 is 15.5 Å².